The Morgan fingerprint density at radius 3 is 2.43 bits per heavy atom. The highest BCUT2D eigenvalue weighted by molar-refractivity contribution is 8.14. The molecular weight excluding hydrogens is 302 g/mol. The van der Waals surface area contributed by atoms with Gasteiger partial charge in [-0.2, -0.15) is 0 Å². The Balaban J connectivity index is 2.28. The molecule has 1 fully saturated rings. The van der Waals surface area contributed by atoms with E-state index in [-0.39, 0.29) is 6.61 Å². The third-order valence-electron chi connectivity index (χ3n) is 3.04. The van der Waals surface area contributed by atoms with Crippen molar-refractivity contribution in [1.29, 1.82) is 0 Å². The van der Waals surface area contributed by atoms with Gasteiger partial charge in [0.2, 0.25) is 5.23 Å². The molecule has 0 aromatic heterocycles. The van der Waals surface area contributed by atoms with Crippen LogP contribution in [0.5, 0.6) is 0 Å². The number of aliphatic imine (C=N–C) groups is 1. The number of hydrogen-bond acceptors (Lipinski definition) is 9. The summed E-state index contributed by atoms with van der Waals surface area (Å²) in [7, 11) is 1.47. The van der Waals surface area contributed by atoms with Gasteiger partial charge in [0.15, 0.2) is 12.2 Å². The summed E-state index contributed by atoms with van der Waals surface area (Å²) in [4.78, 5) is 26.8. The molecule has 0 radical (unpaired) electrons. The molecule has 0 aromatic rings. The molecule has 2 aliphatic rings. The maximum Gasteiger partial charge on any atom is 0.303 e. The van der Waals surface area contributed by atoms with E-state index >= 15 is 0 Å². The van der Waals surface area contributed by atoms with Gasteiger partial charge in [-0.05, 0) is 11.8 Å². The maximum atomic E-state index is 11.3. The van der Waals surface area contributed by atoms with Crippen LogP contribution in [-0.2, 0) is 28.5 Å². The third kappa shape index (κ3) is 3.47. The molecule has 0 aliphatic carbocycles. The number of carbonyl (C=O) groups excluding carboxylic acids is 2. The van der Waals surface area contributed by atoms with Crippen LogP contribution >= 0.6 is 11.8 Å². The molecular formula is C12H17NO7S. The summed E-state index contributed by atoms with van der Waals surface area (Å²) in [5.74, 6) is -1.08. The Labute approximate surface area is 125 Å². The fraction of sp³-hybridized carbons (Fsp3) is 0.750. The summed E-state index contributed by atoms with van der Waals surface area (Å²) in [6.07, 6.45) is -2.54. The number of methoxy groups -OCH3 is 1. The number of aliphatic hydroxyl groups excluding tert-OH is 1. The molecule has 2 rings (SSSR count). The molecule has 0 bridgehead atoms. The SMILES string of the molecule is COC1=NC2C(O[C@H](CO)[C@@H](OC(C)=O)[C@@H]2OC(C)=O)S1. The van der Waals surface area contributed by atoms with Gasteiger partial charge in [-0.15, -0.1) is 0 Å². The summed E-state index contributed by atoms with van der Waals surface area (Å²) in [5, 5.41) is 9.83. The first kappa shape index (κ1) is 16.1. The van der Waals surface area contributed by atoms with E-state index < -0.39 is 41.7 Å². The van der Waals surface area contributed by atoms with Crippen LogP contribution in [0.2, 0.25) is 0 Å². The molecule has 21 heavy (non-hydrogen) atoms. The molecule has 2 heterocycles. The summed E-state index contributed by atoms with van der Waals surface area (Å²) >= 11 is 1.23. The van der Waals surface area contributed by atoms with Gasteiger partial charge >= 0.3 is 11.9 Å². The van der Waals surface area contributed by atoms with E-state index in [1.54, 1.807) is 0 Å². The zero-order valence-corrected chi connectivity index (χ0v) is 12.7. The number of aliphatic hydroxyl groups is 1. The van der Waals surface area contributed by atoms with E-state index in [1.165, 1.54) is 32.7 Å². The second kappa shape index (κ2) is 6.63. The molecule has 8 nitrogen and oxygen atoms in total. The Hall–Kier alpha value is -1.32. The highest BCUT2D eigenvalue weighted by Gasteiger charge is 2.53. The second-order valence-corrected chi connectivity index (χ2v) is 5.63. The predicted octanol–water partition coefficient (Wildman–Crippen LogP) is -0.315. The summed E-state index contributed by atoms with van der Waals surface area (Å²) in [6.45, 7) is 2.12. The van der Waals surface area contributed by atoms with E-state index in [4.69, 9.17) is 18.9 Å². The topological polar surface area (TPSA) is 104 Å². The lowest BCUT2D eigenvalue weighted by molar-refractivity contribution is -0.205. The van der Waals surface area contributed by atoms with Crippen LogP contribution in [0, 0.1) is 0 Å². The maximum absolute atomic E-state index is 11.3. The monoisotopic (exact) mass is 319 g/mol. The van der Waals surface area contributed by atoms with Crippen molar-refractivity contribution in [3.63, 3.8) is 0 Å². The van der Waals surface area contributed by atoms with Crippen LogP contribution in [0.4, 0.5) is 0 Å². The van der Waals surface area contributed by atoms with E-state index in [9.17, 15) is 14.7 Å². The minimum Gasteiger partial charge on any atom is -0.476 e. The molecule has 0 spiro atoms. The molecule has 2 aliphatic heterocycles. The Bertz CT molecular complexity index is 455. The van der Waals surface area contributed by atoms with Crippen LogP contribution in [0.3, 0.4) is 0 Å². The van der Waals surface area contributed by atoms with Crippen molar-refractivity contribution >= 4 is 28.9 Å². The van der Waals surface area contributed by atoms with Gasteiger partial charge in [0.1, 0.15) is 17.6 Å². The molecule has 118 valence electrons. The number of hydrogen-bond donors (Lipinski definition) is 1. The molecule has 2 unspecified atom stereocenters. The zero-order chi connectivity index (χ0) is 15.6. The van der Waals surface area contributed by atoms with Gasteiger partial charge in [-0.1, -0.05) is 0 Å². The van der Waals surface area contributed by atoms with E-state index in [2.05, 4.69) is 4.99 Å². The van der Waals surface area contributed by atoms with Gasteiger partial charge in [-0.3, -0.25) is 9.59 Å². The highest BCUT2D eigenvalue weighted by Crippen LogP contribution is 2.38. The van der Waals surface area contributed by atoms with Crippen molar-refractivity contribution in [2.75, 3.05) is 13.7 Å². The number of carbonyl (C=O) groups is 2. The molecule has 1 saturated heterocycles. The normalized spacial score (nSPS) is 34.7. The third-order valence-corrected chi connectivity index (χ3v) is 4.14. The lowest BCUT2D eigenvalue weighted by atomic mass is 9.98. The standard InChI is InChI=1S/C12H17NO7S/c1-5(15)18-9-7(4-14)20-11-8(10(9)19-6(2)16)13-12(17-3)21-11/h7-11,14H,4H2,1-3H3/t7-,8?,9-,10-,11?/m1/s1. The highest BCUT2D eigenvalue weighted by atomic mass is 32.2. The van der Waals surface area contributed by atoms with Gasteiger partial charge in [0.05, 0.1) is 13.7 Å². The fourth-order valence-electron chi connectivity index (χ4n) is 2.29. The summed E-state index contributed by atoms with van der Waals surface area (Å²) in [6, 6.07) is -0.555. The number of ether oxygens (including phenoxy) is 4. The van der Waals surface area contributed by atoms with Crippen LogP contribution < -0.4 is 0 Å². The van der Waals surface area contributed by atoms with E-state index in [0.717, 1.165) is 0 Å². The van der Waals surface area contributed by atoms with Crippen molar-refractivity contribution in [1.82, 2.24) is 0 Å². The largest absolute Gasteiger partial charge is 0.476 e. The van der Waals surface area contributed by atoms with Gasteiger partial charge in [0, 0.05) is 13.8 Å². The fourth-order valence-corrected chi connectivity index (χ4v) is 3.32. The smallest absolute Gasteiger partial charge is 0.303 e. The molecule has 0 saturated carbocycles. The van der Waals surface area contributed by atoms with Crippen molar-refractivity contribution in [2.45, 2.75) is 43.6 Å². The minimum atomic E-state index is -0.918. The first-order valence-electron chi connectivity index (χ1n) is 6.35. The minimum absolute atomic E-state index is 0.373. The van der Waals surface area contributed by atoms with Crippen LogP contribution in [-0.4, -0.2) is 65.8 Å². The quantitative estimate of drug-likeness (QED) is 0.706. The molecule has 9 heteroatoms. The number of rotatable bonds is 3. The van der Waals surface area contributed by atoms with Crippen molar-refractivity contribution in [3.05, 3.63) is 0 Å². The summed E-state index contributed by atoms with van der Waals surface area (Å²) < 4.78 is 21.2. The first-order chi connectivity index (χ1) is 9.96. The summed E-state index contributed by atoms with van der Waals surface area (Å²) in [5.41, 5.74) is -0.465. The Morgan fingerprint density at radius 1 is 1.29 bits per heavy atom. The first-order valence-corrected chi connectivity index (χ1v) is 7.23. The van der Waals surface area contributed by atoms with Crippen molar-refractivity contribution < 1.29 is 33.6 Å². The molecule has 1 N–H and O–H groups in total. The van der Waals surface area contributed by atoms with Gasteiger partial charge < -0.3 is 24.1 Å². The predicted molar refractivity (Wildman–Crippen MR) is 72.7 cm³/mol. The van der Waals surface area contributed by atoms with Crippen LogP contribution in [0.15, 0.2) is 4.99 Å². The molecule has 0 aromatic carbocycles. The average molecular weight is 319 g/mol. The Kier molecular flexibility index (Phi) is 5.07. The average Bonchev–Trinajstić information content (AvgIpc) is 2.83. The lowest BCUT2D eigenvalue weighted by Gasteiger charge is -2.40. The van der Waals surface area contributed by atoms with Crippen molar-refractivity contribution in [2.24, 2.45) is 4.99 Å². The number of nitrogens with zero attached hydrogens (tertiary/aromatic N) is 1. The number of fused-ring (bicyclic) bond motifs is 1. The van der Waals surface area contributed by atoms with Gasteiger partial charge in [0.25, 0.3) is 0 Å². The zero-order valence-electron chi connectivity index (χ0n) is 11.8. The van der Waals surface area contributed by atoms with Crippen molar-refractivity contribution in [3.8, 4) is 0 Å². The molecule has 5 atom stereocenters. The van der Waals surface area contributed by atoms with E-state index in [0.29, 0.717) is 5.23 Å². The number of esters is 2. The van der Waals surface area contributed by atoms with E-state index in [1.807, 2.05) is 0 Å². The lowest BCUT2D eigenvalue weighted by Crippen LogP contribution is -2.58. The Morgan fingerprint density at radius 2 is 1.90 bits per heavy atom. The molecule has 0 amide bonds. The van der Waals surface area contributed by atoms with Gasteiger partial charge in [-0.25, -0.2) is 4.99 Å². The second-order valence-electron chi connectivity index (χ2n) is 4.58. The number of thioether (sulfide) groups is 1. The van der Waals surface area contributed by atoms with Crippen LogP contribution in [0.1, 0.15) is 13.8 Å². The van der Waals surface area contributed by atoms with Crippen LogP contribution in [0.25, 0.3) is 0 Å².